The highest BCUT2D eigenvalue weighted by molar-refractivity contribution is 7.89. The van der Waals surface area contributed by atoms with E-state index in [0.717, 1.165) is 18.5 Å². The highest BCUT2D eigenvalue weighted by Crippen LogP contribution is 2.33. The second-order valence-corrected chi connectivity index (χ2v) is 8.64. The SMILES string of the molecule is Cn1cc2c(c1C(=O)Nc1ccnc(C(C)(F)F)c1)CCC(C(F)(F)F)NS2(=O)=O. The molecule has 7 nitrogen and oxygen atoms in total. The third kappa shape index (κ3) is 4.31. The number of nitrogens with one attached hydrogen (secondary N) is 2. The van der Waals surface area contributed by atoms with Gasteiger partial charge in [-0.05, 0) is 25.0 Å². The number of aromatic nitrogens is 2. The maximum Gasteiger partial charge on any atom is 0.404 e. The fourth-order valence-electron chi connectivity index (χ4n) is 3.19. The first-order chi connectivity index (χ1) is 13.7. The van der Waals surface area contributed by atoms with Gasteiger partial charge < -0.3 is 9.88 Å². The summed E-state index contributed by atoms with van der Waals surface area (Å²) >= 11 is 0. The minimum atomic E-state index is -4.79. The Morgan fingerprint density at radius 3 is 2.57 bits per heavy atom. The van der Waals surface area contributed by atoms with Crippen LogP contribution in [0.15, 0.2) is 29.4 Å². The van der Waals surface area contributed by atoms with Gasteiger partial charge in [0.2, 0.25) is 10.0 Å². The number of anilines is 1. The molecule has 0 fully saturated rings. The van der Waals surface area contributed by atoms with Crippen molar-refractivity contribution in [1.29, 1.82) is 0 Å². The van der Waals surface area contributed by atoms with Gasteiger partial charge >= 0.3 is 6.18 Å². The van der Waals surface area contributed by atoms with Crippen LogP contribution in [0, 0.1) is 0 Å². The molecule has 0 saturated heterocycles. The van der Waals surface area contributed by atoms with Gasteiger partial charge in [0, 0.05) is 37.6 Å². The van der Waals surface area contributed by atoms with Gasteiger partial charge in [-0.15, -0.1) is 0 Å². The lowest BCUT2D eigenvalue weighted by Crippen LogP contribution is -2.44. The Morgan fingerprint density at radius 1 is 1.30 bits per heavy atom. The zero-order chi connectivity index (χ0) is 22.5. The number of pyridine rings is 1. The number of carbonyl (C=O) groups is 1. The predicted octanol–water partition coefficient (Wildman–Crippen LogP) is 2.94. The van der Waals surface area contributed by atoms with E-state index < -0.39 is 51.1 Å². The molecule has 0 aromatic carbocycles. The quantitative estimate of drug-likeness (QED) is 0.701. The fraction of sp³-hybridized carbons (Fsp3) is 0.412. The van der Waals surface area contributed by atoms with Crippen molar-refractivity contribution in [2.45, 2.75) is 42.8 Å². The minimum absolute atomic E-state index is 0.0238. The molecule has 1 amide bonds. The van der Waals surface area contributed by atoms with Crippen LogP contribution in [0.4, 0.5) is 27.6 Å². The van der Waals surface area contributed by atoms with Crippen LogP contribution in [-0.2, 0) is 29.4 Å². The van der Waals surface area contributed by atoms with E-state index in [1.165, 1.54) is 17.7 Å². The monoisotopic (exact) mass is 452 g/mol. The van der Waals surface area contributed by atoms with Crippen LogP contribution >= 0.6 is 0 Å². The van der Waals surface area contributed by atoms with E-state index in [4.69, 9.17) is 0 Å². The van der Waals surface area contributed by atoms with Crippen LogP contribution in [-0.4, -0.2) is 36.1 Å². The van der Waals surface area contributed by atoms with Gasteiger partial charge in [0.25, 0.3) is 11.8 Å². The van der Waals surface area contributed by atoms with Crippen molar-refractivity contribution in [3.05, 3.63) is 41.5 Å². The van der Waals surface area contributed by atoms with Gasteiger partial charge in [0.15, 0.2) is 0 Å². The number of nitrogens with zero attached hydrogens (tertiary/aromatic N) is 2. The Labute approximate surface area is 168 Å². The number of hydrogen-bond acceptors (Lipinski definition) is 4. The predicted molar refractivity (Wildman–Crippen MR) is 95.7 cm³/mol. The molecule has 1 atom stereocenters. The number of halogens is 5. The van der Waals surface area contributed by atoms with Crippen molar-refractivity contribution < 1.29 is 35.2 Å². The van der Waals surface area contributed by atoms with Gasteiger partial charge in [-0.3, -0.25) is 9.78 Å². The van der Waals surface area contributed by atoms with Gasteiger partial charge in [-0.25, -0.2) is 8.42 Å². The molecule has 0 spiro atoms. The first-order valence-corrected chi connectivity index (χ1v) is 10.1. The molecular weight excluding hydrogens is 435 g/mol. The number of fused-ring (bicyclic) bond motifs is 1. The standard InChI is InChI=1S/C17H17F5N4O3S/c1-16(18,19)13-7-9(5-6-23-13)24-15(27)14-10-3-4-12(17(20,21)22)25-30(28,29)11(10)8-26(14)2/h5-8,12,25H,3-4H2,1-2H3,(H,23,24,27). The summed E-state index contributed by atoms with van der Waals surface area (Å²) in [6, 6.07) is -0.0739. The van der Waals surface area contributed by atoms with Crippen LogP contribution in [0.5, 0.6) is 0 Å². The number of rotatable bonds is 3. The number of carbonyl (C=O) groups excluding carboxylic acids is 1. The summed E-state index contributed by atoms with van der Waals surface area (Å²) in [4.78, 5) is 15.9. The topological polar surface area (TPSA) is 93.1 Å². The molecule has 2 aromatic heterocycles. The lowest BCUT2D eigenvalue weighted by Gasteiger charge is -2.18. The molecule has 2 N–H and O–H groups in total. The highest BCUT2D eigenvalue weighted by atomic mass is 32.2. The molecule has 164 valence electrons. The zero-order valence-electron chi connectivity index (χ0n) is 15.7. The summed E-state index contributed by atoms with van der Waals surface area (Å²) < 4.78 is 93.7. The van der Waals surface area contributed by atoms with Crippen molar-refractivity contribution in [2.75, 3.05) is 5.32 Å². The maximum atomic E-state index is 13.5. The number of aryl methyl sites for hydroxylation is 1. The van der Waals surface area contributed by atoms with Gasteiger partial charge in [0.1, 0.15) is 22.3 Å². The minimum Gasteiger partial charge on any atom is -0.345 e. The van der Waals surface area contributed by atoms with E-state index in [9.17, 15) is 35.2 Å². The molecule has 0 saturated carbocycles. The fourth-order valence-corrected chi connectivity index (χ4v) is 4.76. The number of amides is 1. The molecule has 0 aliphatic carbocycles. The van der Waals surface area contributed by atoms with Crippen LogP contribution in [0.3, 0.4) is 0 Å². The first kappa shape index (κ1) is 22.2. The van der Waals surface area contributed by atoms with Crippen molar-refractivity contribution in [3.63, 3.8) is 0 Å². The molecule has 0 radical (unpaired) electrons. The Hall–Kier alpha value is -2.54. The molecule has 13 heteroatoms. The Balaban J connectivity index is 1.96. The van der Waals surface area contributed by atoms with Crippen LogP contribution in [0.25, 0.3) is 0 Å². The van der Waals surface area contributed by atoms with Gasteiger partial charge in [-0.2, -0.15) is 26.7 Å². The highest BCUT2D eigenvalue weighted by Gasteiger charge is 2.45. The largest absolute Gasteiger partial charge is 0.404 e. The smallest absolute Gasteiger partial charge is 0.345 e. The second kappa shape index (κ2) is 7.30. The number of alkyl halides is 5. The molecular formula is C17H17F5N4O3S. The third-order valence-electron chi connectivity index (χ3n) is 4.59. The van der Waals surface area contributed by atoms with E-state index >= 15 is 0 Å². The van der Waals surface area contributed by atoms with Crippen molar-refractivity contribution >= 4 is 21.6 Å². The van der Waals surface area contributed by atoms with E-state index in [1.807, 2.05) is 0 Å². The van der Waals surface area contributed by atoms with Crippen molar-refractivity contribution in [3.8, 4) is 0 Å². The zero-order valence-corrected chi connectivity index (χ0v) is 16.5. The van der Waals surface area contributed by atoms with Crippen LogP contribution in [0.1, 0.15) is 35.1 Å². The van der Waals surface area contributed by atoms with Crippen molar-refractivity contribution in [1.82, 2.24) is 14.3 Å². The average Bonchev–Trinajstić information content (AvgIpc) is 2.87. The first-order valence-electron chi connectivity index (χ1n) is 8.63. The van der Waals surface area contributed by atoms with E-state index in [-0.39, 0.29) is 23.4 Å². The lowest BCUT2D eigenvalue weighted by molar-refractivity contribution is -0.152. The average molecular weight is 452 g/mol. The molecule has 1 unspecified atom stereocenters. The molecule has 2 aromatic rings. The summed E-state index contributed by atoms with van der Waals surface area (Å²) in [5.41, 5.74) is -0.876. The number of sulfonamides is 1. The Kier molecular flexibility index (Phi) is 5.39. The second-order valence-electron chi connectivity index (χ2n) is 6.96. The summed E-state index contributed by atoms with van der Waals surface area (Å²) in [5, 5.41) is 2.37. The van der Waals surface area contributed by atoms with E-state index in [0.29, 0.717) is 6.92 Å². The molecule has 3 heterocycles. The van der Waals surface area contributed by atoms with E-state index in [1.54, 1.807) is 4.72 Å². The maximum absolute atomic E-state index is 13.5. The van der Waals surface area contributed by atoms with Crippen LogP contribution in [0.2, 0.25) is 0 Å². The molecule has 3 rings (SSSR count). The molecule has 1 aliphatic heterocycles. The summed E-state index contributed by atoms with van der Waals surface area (Å²) in [5.74, 6) is -4.11. The van der Waals surface area contributed by atoms with E-state index in [2.05, 4.69) is 10.3 Å². The molecule has 30 heavy (non-hydrogen) atoms. The van der Waals surface area contributed by atoms with Gasteiger partial charge in [-0.1, -0.05) is 0 Å². The van der Waals surface area contributed by atoms with Gasteiger partial charge in [0.05, 0.1) is 0 Å². The van der Waals surface area contributed by atoms with Crippen molar-refractivity contribution in [2.24, 2.45) is 7.05 Å². The molecule has 1 aliphatic rings. The Bertz CT molecular complexity index is 1090. The lowest BCUT2D eigenvalue weighted by atomic mass is 10.1. The number of hydrogen-bond donors (Lipinski definition) is 2. The third-order valence-corrected chi connectivity index (χ3v) is 6.12. The van der Waals surface area contributed by atoms with Crippen LogP contribution < -0.4 is 10.0 Å². The Morgan fingerprint density at radius 2 is 1.97 bits per heavy atom. The summed E-state index contributed by atoms with van der Waals surface area (Å²) in [6.45, 7) is 0.632. The summed E-state index contributed by atoms with van der Waals surface area (Å²) in [6.07, 6.45) is -3.61. The summed E-state index contributed by atoms with van der Waals surface area (Å²) in [7, 11) is -3.17. The molecule has 0 bridgehead atoms. The normalized spacial score (nSPS) is 19.1.